The van der Waals surface area contributed by atoms with Gasteiger partial charge in [-0.1, -0.05) is 18.2 Å². The van der Waals surface area contributed by atoms with Gasteiger partial charge in [-0.2, -0.15) is 0 Å². The lowest BCUT2D eigenvalue weighted by Crippen LogP contribution is -2.02. The minimum Gasteiger partial charge on any atom is -0.365 e. The van der Waals surface area contributed by atoms with Crippen LogP contribution in [0, 0.1) is 0 Å². The van der Waals surface area contributed by atoms with E-state index in [2.05, 4.69) is 12.7 Å². The standard InChI is InChI=1S/C8H12O/c1-3-5-6-8(4-2)7-9-8/h3-5H,2,6-7H2,1H3. The summed E-state index contributed by atoms with van der Waals surface area (Å²) in [4.78, 5) is 0. The summed E-state index contributed by atoms with van der Waals surface area (Å²) in [5.74, 6) is 0. The Bertz CT molecular complexity index is 132. The molecule has 1 heterocycles. The Labute approximate surface area is 56.0 Å². The fourth-order valence-electron chi connectivity index (χ4n) is 0.729. The van der Waals surface area contributed by atoms with Gasteiger partial charge in [0, 0.05) is 6.42 Å². The van der Waals surface area contributed by atoms with Gasteiger partial charge in [-0.3, -0.25) is 0 Å². The van der Waals surface area contributed by atoms with E-state index < -0.39 is 0 Å². The van der Waals surface area contributed by atoms with Crippen molar-refractivity contribution in [3.05, 3.63) is 24.8 Å². The van der Waals surface area contributed by atoms with Crippen LogP contribution >= 0.6 is 0 Å². The fraction of sp³-hybridized carbons (Fsp3) is 0.500. The first-order valence-electron chi connectivity index (χ1n) is 3.22. The number of ether oxygens (including phenoxy) is 1. The van der Waals surface area contributed by atoms with Crippen molar-refractivity contribution in [3.8, 4) is 0 Å². The van der Waals surface area contributed by atoms with Crippen LogP contribution in [0.4, 0.5) is 0 Å². The average Bonchev–Trinajstić information content (AvgIpc) is 2.65. The van der Waals surface area contributed by atoms with Gasteiger partial charge in [-0.25, -0.2) is 0 Å². The first-order chi connectivity index (χ1) is 4.33. The van der Waals surface area contributed by atoms with E-state index in [0.717, 1.165) is 13.0 Å². The zero-order valence-electron chi connectivity index (χ0n) is 5.76. The molecule has 0 N–H and O–H groups in total. The molecule has 9 heavy (non-hydrogen) atoms. The third-order valence-corrected chi connectivity index (χ3v) is 1.59. The van der Waals surface area contributed by atoms with Gasteiger partial charge in [0.05, 0.1) is 6.61 Å². The maximum absolute atomic E-state index is 5.18. The number of allylic oxidation sites excluding steroid dienone is 1. The number of epoxide rings is 1. The molecule has 1 nitrogen and oxygen atoms in total. The molecule has 0 spiro atoms. The molecular formula is C8H12O. The zero-order valence-corrected chi connectivity index (χ0v) is 5.76. The summed E-state index contributed by atoms with van der Waals surface area (Å²) in [6.07, 6.45) is 7.00. The molecule has 0 aromatic heterocycles. The minimum absolute atomic E-state index is 0.0203. The summed E-state index contributed by atoms with van der Waals surface area (Å²) in [7, 11) is 0. The number of hydrogen-bond donors (Lipinski definition) is 0. The zero-order chi connectivity index (χ0) is 6.74. The summed E-state index contributed by atoms with van der Waals surface area (Å²) in [5.41, 5.74) is 0.0203. The molecule has 1 fully saturated rings. The van der Waals surface area contributed by atoms with Crippen LogP contribution in [-0.4, -0.2) is 12.2 Å². The lowest BCUT2D eigenvalue weighted by Gasteiger charge is -1.97. The summed E-state index contributed by atoms with van der Waals surface area (Å²) >= 11 is 0. The van der Waals surface area contributed by atoms with E-state index in [1.807, 2.05) is 19.1 Å². The lowest BCUT2D eigenvalue weighted by atomic mass is 10.1. The fourth-order valence-corrected chi connectivity index (χ4v) is 0.729. The Kier molecular flexibility index (Phi) is 1.72. The molecule has 0 saturated carbocycles. The highest BCUT2D eigenvalue weighted by atomic mass is 16.6. The second-order valence-electron chi connectivity index (χ2n) is 2.33. The highest BCUT2D eigenvalue weighted by molar-refractivity contribution is 5.10. The molecule has 1 atom stereocenters. The van der Waals surface area contributed by atoms with Crippen LogP contribution in [0.15, 0.2) is 24.8 Å². The lowest BCUT2D eigenvalue weighted by molar-refractivity contribution is 0.353. The highest BCUT2D eigenvalue weighted by Crippen LogP contribution is 2.31. The topological polar surface area (TPSA) is 12.5 Å². The molecule has 50 valence electrons. The van der Waals surface area contributed by atoms with Crippen LogP contribution in [0.2, 0.25) is 0 Å². The second-order valence-corrected chi connectivity index (χ2v) is 2.33. The Morgan fingerprint density at radius 3 is 2.78 bits per heavy atom. The normalized spacial score (nSPS) is 33.0. The van der Waals surface area contributed by atoms with Crippen LogP contribution in [-0.2, 0) is 4.74 Å². The molecule has 1 unspecified atom stereocenters. The molecule has 1 heteroatoms. The van der Waals surface area contributed by atoms with E-state index in [1.54, 1.807) is 0 Å². The third kappa shape index (κ3) is 1.42. The minimum atomic E-state index is 0.0203. The molecule has 1 aliphatic heterocycles. The van der Waals surface area contributed by atoms with E-state index in [4.69, 9.17) is 4.74 Å². The monoisotopic (exact) mass is 124 g/mol. The van der Waals surface area contributed by atoms with Crippen LogP contribution in [0.1, 0.15) is 13.3 Å². The van der Waals surface area contributed by atoms with Gasteiger partial charge in [-0.05, 0) is 6.92 Å². The van der Waals surface area contributed by atoms with Gasteiger partial charge in [0.2, 0.25) is 0 Å². The number of hydrogen-bond acceptors (Lipinski definition) is 1. The van der Waals surface area contributed by atoms with Crippen molar-refractivity contribution >= 4 is 0 Å². The molecular weight excluding hydrogens is 112 g/mol. The van der Waals surface area contributed by atoms with Crippen LogP contribution in [0.5, 0.6) is 0 Å². The Morgan fingerprint density at radius 1 is 1.78 bits per heavy atom. The van der Waals surface area contributed by atoms with Crippen LogP contribution < -0.4 is 0 Å². The Balaban J connectivity index is 2.33. The van der Waals surface area contributed by atoms with Crippen molar-refractivity contribution in [2.75, 3.05) is 6.61 Å². The van der Waals surface area contributed by atoms with Crippen molar-refractivity contribution in [1.82, 2.24) is 0 Å². The highest BCUT2D eigenvalue weighted by Gasteiger charge is 2.39. The van der Waals surface area contributed by atoms with Crippen molar-refractivity contribution < 1.29 is 4.74 Å². The summed E-state index contributed by atoms with van der Waals surface area (Å²) in [6, 6.07) is 0. The Hall–Kier alpha value is -0.560. The SMILES string of the molecule is C=CC1(CC=CC)CO1. The number of rotatable bonds is 3. The van der Waals surface area contributed by atoms with Gasteiger partial charge in [0.1, 0.15) is 5.60 Å². The van der Waals surface area contributed by atoms with Crippen molar-refractivity contribution in [2.24, 2.45) is 0 Å². The smallest absolute Gasteiger partial charge is 0.113 e. The van der Waals surface area contributed by atoms with E-state index in [9.17, 15) is 0 Å². The second kappa shape index (κ2) is 2.36. The molecule has 1 rings (SSSR count). The van der Waals surface area contributed by atoms with E-state index in [1.165, 1.54) is 0 Å². The van der Waals surface area contributed by atoms with E-state index >= 15 is 0 Å². The van der Waals surface area contributed by atoms with Crippen LogP contribution in [0.25, 0.3) is 0 Å². The van der Waals surface area contributed by atoms with Gasteiger partial charge < -0.3 is 4.74 Å². The van der Waals surface area contributed by atoms with Gasteiger partial charge in [0.25, 0.3) is 0 Å². The van der Waals surface area contributed by atoms with Gasteiger partial charge in [0.15, 0.2) is 0 Å². The Morgan fingerprint density at radius 2 is 2.44 bits per heavy atom. The first kappa shape index (κ1) is 6.56. The van der Waals surface area contributed by atoms with Gasteiger partial charge >= 0.3 is 0 Å². The summed E-state index contributed by atoms with van der Waals surface area (Å²) in [6.45, 7) is 6.55. The summed E-state index contributed by atoms with van der Waals surface area (Å²) < 4.78 is 5.18. The average molecular weight is 124 g/mol. The van der Waals surface area contributed by atoms with E-state index in [0.29, 0.717) is 0 Å². The third-order valence-electron chi connectivity index (χ3n) is 1.59. The largest absolute Gasteiger partial charge is 0.365 e. The van der Waals surface area contributed by atoms with E-state index in [-0.39, 0.29) is 5.60 Å². The molecule has 0 amide bonds. The molecule has 0 radical (unpaired) electrons. The maximum Gasteiger partial charge on any atom is 0.113 e. The molecule has 0 aromatic carbocycles. The molecule has 0 aliphatic carbocycles. The molecule has 0 aromatic rings. The predicted molar refractivity (Wildman–Crippen MR) is 38.3 cm³/mol. The quantitative estimate of drug-likeness (QED) is 0.413. The first-order valence-corrected chi connectivity index (χ1v) is 3.22. The van der Waals surface area contributed by atoms with Crippen molar-refractivity contribution in [3.63, 3.8) is 0 Å². The maximum atomic E-state index is 5.18. The molecule has 1 aliphatic rings. The summed E-state index contributed by atoms with van der Waals surface area (Å²) in [5, 5.41) is 0. The van der Waals surface area contributed by atoms with Crippen molar-refractivity contribution in [2.45, 2.75) is 18.9 Å². The predicted octanol–water partition coefficient (Wildman–Crippen LogP) is 1.91. The molecule has 0 bridgehead atoms. The molecule has 1 saturated heterocycles. The van der Waals surface area contributed by atoms with Crippen molar-refractivity contribution in [1.29, 1.82) is 0 Å². The van der Waals surface area contributed by atoms with Gasteiger partial charge in [-0.15, -0.1) is 6.58 Å². The van der Waals surface area contributed by atoms with Crippen LogP contribution in [0.3, 0.4) is 0 Å².